The van der Waals surface area contributed by atoms with Crippen molar-refractivity contribution in [1.82, 2.24) is 5.43 Å². The smallest absolute Gasteiger partial charge is 0.241 e. The van der Waals surface area contributed by atoms with E-state index >= 15 is 0 Å². The molecule has 0 bridgehead atoms. The van der Waals surface area contributed by atoms with E-state index < -0.39 is 17.8 Å². The predicted octanol–water partition coefficient (Wildman–Crippen LogP) is 3.05. The fourth-order valence-electron chi connectivity index (χ4n) is 1.74. The molecular weight excluding hydrogens is 295 g/mol. The second kappa shape index (κ2) is 7.06. The normalized spacial score (nSPS) is 11.8. The van der Waals surface area contributed by atoms with Gasteiger partial charge in [-0.3, -0.25) is 15.6 Å². The van der Waals surface area contributed by atoms with Crippen molar-refractivity contribution in [2.24, 2.45) is 0 Å². The lowest BCUT2D eigenvalue weighted by atomic mass is 10.1. The van der Waals surface area contributed by atoms with Gasteiger partial charge in [-0.2, -0.15) is 0 Å². The lowest BCUT2D eigenvalue weighted by Gasteiger charge is -2.12. The zero-order valence-electron chi connectivity index (χ0n) is 11.0. The Balaban J connectivity index is 1.85. The van der Waals surface area contributed by atoms with Gasteiger partial charge in [0.1, 0.15) is 5.82 Å². The number of aliphatic hydroxyl groups excluding tert-OH is 1. The van der Waals surface area contributed by atoms with Crippen LogP contribution in [0.1, 0.15) is 18.1 Å². The monoisotopic (exact) mass is 308 g/mol. The maximum atomic E-state index is 13.0. The SMILES string of the molecule is O=C(CC(O)c1ccc(Cl)cc1)NNc1cccc(F)c1. The lowest BCUT2D eigenvalue weighted by Crippen LogP contribution is -2.30. The third kappa shape index (κ3) is 4.73. The van der Waals surface area contributed by atoms with Gasteiger partial charge in [-0.1, -0.05) is 29.8 Å². The molecule has 0 aliphatic rings. The van der Waals surface area contributed by atoms with Gasteiger partial charge in [0.25, 0.3) is 0 Å². The van der Waals surface area contributed by atoms with Crippen LogP contribution in [0.4, 0.5) is 10.1 Å². The van der Waals surface area contributed by atoms with Crippen molar-refractivity contribution in [3.8, 4) is 0 Å². The van der Waals surface area contributed by atoms with Gasteiger partial charge >= 0.3 is 0 Å². The van der Waals surface area contributed by atoms with Gasteiger partial charge in [0.05, 0.1) is 18.2 Å². The Kier molecular flexibility index (Phi) is 5.14. The molecule has 1 atom stereocenters. The maximum absolute atomic E-state index is 13.0. The van der Waals surface area contributed by atoms with Gasteiger partial charge < -0.3 is 5.11 Å². The van der Waals surface area contributed by atoms with Gasteiger partial charge in [0.2, 0.25) is 5.91 Å². The van der Waals surface area contributed by atoms with Crippen molar-refractivity contribution >= 4 is 23.2 Å². The third-order valence-corrected chi connectivity index (χ3v) is 3.06. The first-order valence-corrected chi connectivity index (χ1v) is 6.66. The van der Waals surface area contributed by atoms with E-state index in [1.54, 1.807) is 30.3 Å². The Hall–Kier alpha value is -2.11. The minimum Gasteiger partial charge on any atom is -0.388 e. The molecule has 0 saturated heterocycles. The Bertz CT molecular complexity index is 619. The van der Waals surface area contributed by atoms with Gasteiger partial charge in [0.15, 0.2) is 0 Å². The number of carbonyl (C=O) groups is 1. The molecule has 3 N–H and O–H groups in total. The number of benzene rings is 2. The minimum absolute atomic E-state index is 0.121. The van der Waals surface area contributed by atoms with Gasteiger partial charge in [-0.15, -0.1) is 0 Å². The van der Waals surface area contributed by atoms with Crippen LogP contribution in [0.25, 0.3) is 0 Å². The molecule has 0 aromatic heterocycles. The van der Waals surface area contributed by atoms with Gasteiger partial charge in [0, 0.05) is 5.02 Å². The number of anilines is 1. The van der Waals surface area contributed by atoms with Crippen LogP contribution in [-0.2, 0) is 4.79 Å². The molecule has 0 spiro atoms. The van der Waals surface area contributed by atoms with Crippen LogP contribution in [0.5, 0.6) is 0 Å². The van der Waals surface area contributed by atoms with Crippen molar-refractivity contribution in [3.63, 3.8) is 0 Å². The quantitative estimate of drug-likeness (QED) is 0.744. The molecule has 0 heterocycles. The number of amides is 1. The molecule has 0 aliphatic heterocycles. The Labute approximate surface area is 126 Å². The number of aliphatic hydroxyl groups is 1. The summed E-state index contributed by atoms with van der Waals surface area (Å²) >= 11 is 5.75. The second-order valence-electron chi connectivity index (χ2n) is 4.45. The van der Waals surface area contributed by atoms with Crippen LogP contribution in [0.3, 0.4) is 0 Å². The van der Waals surface area contributed by atoms with Crippen LogP contribution >= 0.6 is 11.6 Å². The summed E-state index contributed by atoms with van der Waals surface area (Å²) in [5, 5.41) is 10.5. The van der Waals surface area contributed by atoms with Crippen molar-refractivity contribution in [1.29, 1.82) is 0 Å². The van der Waals surface area contributed by atoms with E-state index in [0.29, 0.717) is 16.3 Å². The van der Waals surface area contributed by atoms with Crippen LogP contribution in [-0.4, -0.2) is 11.0 Å². The minimum atomic E-state index is -0.934. The summed E-state index contributed by atoms with van der Waals surface area (Å²) in [6.45, 7) is 0. The molecule has 0 aliphatic carbocycles. The van der Waals surface area contributed by atoms with Gasteiger partial charge in [-0.05, 0) is 35.9 Å². The lowest BCUT2D eigenvalue weighted by molar-refractivity contribution is -0.122. The van der Waals surface area contributed by atoms with Crippen molar-refractivity contribution in [2.75, 3.05) is 5.43 Å². The van der Waals surface area contributed by atoms with E-state index in [9.17, 15) is 14.3 Å². The molecule has 1 amide bonds. The first-order chi connectivity index (χ1) is 10.0. The molecule has 0 saturated carbocycles. The summed E-state index contributed by atoms with van der Waals surface area (Å²) in [7, 11) is 0. The first kappa shape index (κ1) is 15.3. The highest BCUT2D eigenvalue weighted by molar-refractivity contribution is 6.30. The Morgan fingerprint density at radius 1 is 1.24 bits per heavy atom. The number of halogens is 2. The maximum Gasteiger partial charge on any atom is 0.241 e. The molecule has 6 heteroatoms. The van der Waals surface area contributed by atoms with E-state index in [1.807, 2.05) is 0 Å². The molecular formula is C15H14ClFN2O2. The topological polar surface area (TPSA) is 61.4 Å². The summed E-state index contributed by atoms with van der Waals surface area (Å²) in [6.07, 6.45) is -1.05. The standard InChI is InChI=1S/C15H14ClFN2O2/c16-11-6-4-10(5-7-11)14(20)9-15(21)19-18-13-3-1-2-12(17)8-13/h1-8,14,18,20H,9H2,(H,19,21). The van der Waals surface area contributed by atoms with E-state index in [-0.39, 0.29) is 6.42 Å². The summed E-state index contributed by atoms with van der Waals surface area (Å²) in [4.78, 5) is 11.7. The van der Waals surface area contributed by atoms with Crippen molar-refractivity contribution < 1.29 is 14.3 Å². The molecule has 1 unspecified atom stereocenters. The number of hydrogen-bond acceptors (Lipinski definition) is 3. The zero-order valence-corrected chi connectivity index (χ0v) is 11.8. The Morgan fingerprint density at radius 3 is 2.62 bits per heavy atom. The van der Waals surface area contributed by atoms with E-state index in [0.717, 1.165) is 0 Å². The van der Waals surface area contributed by atoms with E-state index in [4.69, 9.17) is 11.6 Å². The van der Waals surface area contributed by atoms with Crippen molar-refractivity contribution in [3.05, 3.63) is 64.9 Å². The average molecular weight is 309 g/mol. The molecule has 2 aromatic carbocycles. The summed E-state index contributed by atoms with van der Waals surface area (Å²) in [5.41, 5.74) is 5.99. The fourth-order valence-corrected chi connectivity index (χ4v) is 1.86. The molecule has 110 valence electrons. The molecule has 0 fully saturated rings. The van der Waals surface area contributed by atoms with E-state index in [2.05, 4.69) is 10.9 Å². The first-order valence-electron chi connectivity index (χ1n) is 6.28. The molecule has 2 aromatic rings. The Morgan fingerprint density at radius 2 is 1.95 bits per heavy atom. The number of hydrogen-bond donors (Lipinski definition) is 3. The fraction of sp³-hybridized carbons (Fsp3) is 0.133. The summed E-state index contributed by atoms with van der Waals surface area (Å²) in [5.74, 6) is -0.822. The van der Waals surface area contributed by atoms with Crippen molar-refractivity contribution in [2.45, 2.75) is 12.5 Å². The van der Waals surface area contributed by atoms with Crippen LogP contribution in [0.2, 0.25) is 5.02 Å². The van der Waals surface area contributed by atoms with Crippen LogP contribution < -0.4 is 10.9 Å². The van der Waals surface area contributed by atoms with E-state index in [1.165, 1.54) is 18.2 Å². The van der Waals surface area contributed by atoms with Crippen LogP contribution in [0.15, 0.2) is 48.5 Å². The number of nitrogens with one attached hydrogen (secondary N) is 2. The number of rotatable bonds is 5. The number of carbonyl (C=O) groups excluding carboxylic acids is 1. The summed E-state index contributed by atoms with van der Waals surface area (Å²) in [6, 6.07) is 12.3. The average Bonchev–Trinajstić information content (AvgIpc) is 2.46. The second-order valence-corrected chi connectivity index (χ2v) is 4.89. The number of hydrazine groups is 1. The largest absolute Gasteiger partial charge is 0.388 e. The zero-order chi connectivity index (χ0) is 15.2. The molecule has 4 nitrogen and oxygen atoms in total. The van der Waals surface area contributed by atoms with Crippen LogP contribution in [0, 0.1) is 5.82 Å². The summed E-state index contributed by atoms with van der Waals surface area (Å²) < 4.78 is 13.0. The van der Waals surface area contributed by atoms with Gasteiger partial charge in [-0.25, -0.2) is 4.39 Å². The third-order valence-electron chi connectivity index (χ3n) is 2.80. The highest BCUT2D eigenvalue weighted by atomic mass is 35.5. The molecule has 2 rings (SSSR count). The highest BCUT2D eigenvalue weighted by Crippen LogP contribution is 2.19. The molecule has 21 heavy (non-hydrogen) atoms. The highest BCUT2D eigenvalue weighted by Gasteiger charge is 2.12. The molecule has 0 radical (unpaired) electrons. The predicted molar refractivity (Wildman–Crippen MR) is 79.2 cm³/mol.